The molecule has 148 valence electrons. The molecule has 1 saturated heterocycles. The van der Waals surface area contributed by atoms with Crippen molar-refractivity contribution in [3.8, 4) is 0 Å². The number of benzene rings is 2. The van der Waals surface area contributed by atoms with Gasteiger partial charge < -0.3 is 9.80 Å². The van der Waals surface area contributed by atoms with Crippen molar-refractivity contribution < 1.29 is 0 Å². The Balaban J connectivity index is 1.33. The van der Waals surface area contributed by atoms with E-state index in [4.69, 9.17) is 4.98 Å². The van der Waals surface area contributed by atoms with Crippen LogP contribution in [0.2, 0.25) is 0 Å². The highest BCUT2D eigenvalue weighted by molar-refractivity contribution is 7.22. The third-order valence-corrected chi connectivity index (χ3v) is 6.78. The van der Waals surface area contributed by atoms with Gasteiger partial charge in [0.05, 0.1) is 10.2 Å². The van der Waals surface area contributed by atoms with Gasteiger partial charge in [-0.25, -0.2) is 4.98 Å². The van der Waals surface area contributed by atoms with Gasteiger partial charge in [-0.05, 0) is 48.1 Å². The number of nitrogens with zero attached hydrogens (tertiary/aromatic N) is 3. The summed E-state index contributed by atoms with van der Waals surface area (Å²) in [5.41, 5.74) is 4.22. The number of aromatic nitrogens is 1. The zero-order valence-electron chi connectivity index (χ0n) is 17.3. The number of hydrogen-bond donors (Lipinski definition) is 0. The largest absolute Gasteiger partial charge is 0.347 e. The van der Waals surface area contributed by atoms with Gasteiger partial charge in [0.25, 0.3) is 0 Å². The summed E-state index contributed by atoms with van der Waals surface area (Å²) >= 11 is 1.82. The quantitative estimate of drug-likeness (QED) is 0.596. The molecule has 0 N–H and O–H groups in total. The lowest BCUT2D eigenvalue weighted by Crippen LogP contribution is -2.32. The van der Waals surface area contributed by atoms with Crippen molar-refractivity contribution in [3.63, 3.8) is 0 Å². The van der Waals surface area contributed by atoms with Crippen LogP contribution in [0, 0.1) is 0 Å². The fraction of sp³-hybridized carbons (Fsp3) is 0.458. The first kappa shape index (κ1) is 19.4. The average molecular weight is 394 g/mol. The minimum Gasteiger partial charge on any atom is -0.347 e. The van der Waals surface area contributed by atoms with Gasteiger partial charge in [0, 0.05) is 26.2 Å². The highest BCUT2D eigenvalue weighted by Gasteiger charge is 2.18. The predicted octanol–water partition coefficient (Wildman–Crippen LogP) is 5.35. The molecule has 28 heavy (non-hydrogen) atoms. The summed E-state index contributed by atoms with van der Waals surface area (Å²) in [7, 11) is 0. The molecule has 1 aromatic heterocycles. The smallest absolute Gasteiger partial charge is 0.186 e. The van der Waals surface area contributed by atoms with Gasteiger partial charge in [0.2, 0.25) is 0 Å². The molecule has 0 saturated carbocycles. The number of fused-ring (bicyclic) bond motifs is 1. The van der Waals surface area contributed by atoms with E-state index >= 15 is 0 Å². The molecule has 4 heteroatoms. The van der Waals surface area contributed by atoms with E-state index in [1.807, 2.05) is 11.3 Å². The fourth-order valence-corrected chi connectivity index (χ4v) is 4.86. The van der Waals surface area contributed by atoms with Crippen molar-refractivity contribution in [2.24, 2.45) is 0 Å². The van der Waals surface area contributed by atoms with Crippen LogP contribution >= 0.6 is 11.3 Å². The molecule has 0 radical (unpaired) electrons. The van der Waals surface area contributed by atoms with E-state index < -0.39 is 0 Å². The van der Waals surface area contributed by atoms with Crippen molar-refractivity contribution in [1.82, 2.24) is 9.88 Å². The second kappa shape index (κ2) is 8.22. The number of hydrogen-bond acceptors (Lipinski definition) is 4. The summed E-state index contributed by atoms with van der Waals surface area (Å²) in [5, 5.41) is 1.18. The Morgan fingerprint density at radius 3 is 2.46 bits per heavy atom. The van der Waals surface area contributed by atoms with Crippen molar-refractivity contribution in [2.75, 3.05) is 37.6 Å². The van der Waals surface area contributed by atoms with Gasteiger partial charge >= 0.3 is 0 Å². The van der Waals surface area contributed by atoms with Crippen LogP contribution < -0.4 is 4.90 Å². The molecule has 0 aliphatic carbocycles. The third-order valence-electron chi connectivity index (χ3n) is 5.68. The molecule has 2 heterocycles. The maximum Gasteiger partial charge on any atom is 0.186 e. The van der Waals surface area contributed by atoms with E-state index in [0.29, 0.717) is 0 Å². The van der Waals surface area contributed by atoms with Gasteiger partial charge in [0.1, 0.15) is 0 Å². The molecule has 0 unspecified atom stereocenters. The van der Waals surface area contributed by atoms with Crippen LogP contribution in [0.5, 0.6) is 0 Å². The van der Waals surface area contributed by atoms with E-state index in [1.54, 1.807) is 0 Å². The van der Waals surface area contributed by atoms with E-state index in [0.717, 1.165) is 38.1 Å². The summed E-state index contributed by atoms with van der Waals surface area (Å²) in [4.78, 5) is 9.94. The van der Waals surface area contributed by atoms with Gasteiger partial charge in [-0.15, -0.1) is 0 Å². The maximum atomic E-state index is 4.85. The molecule has 0 bridgehead atoms. The summed E-state index contributed by atoms with van der Waals surface area (Å²) in [6, 6.07) is 17.7. The van der Waals surface area contributed by atoms with Crippen LogP contribution in [-0.2, 0) is 11.8 Å². The molecule has 1 aliphatic rings. The number of thiazole rings is 1. The molecule has 0 spiro atoms. The molecule has 3 aromatic rings. The van der Waals surface area contributed by atoms with Gasteiger partial charge in [-0.1, -0.05) is 68.5 Å². The number of para-hydroxylation sites is 1. The van der Waals surface area contributed by atoms with Crippen molar-refractivity contribution >= 4 is 26.7 Å². The van der Waals surface area contributed by atoms with Crippen molar-refractivity contribution in [1.29, 1.82) is 0 Å². The molecule has 0 atom stereocenters. The summed E-state index contributed by atoms with van der Waals surface area (Å²) in [6.45, 7) is 12.4. The number of anilines is 1. The van der Waals surface area contributed by atoms with Crippen molar-refractivity contribution in [2.45, 2.75) is 39.0 Å². The van der Waals surface area contributed by atoms with E-state index in [2.05, 4.69) is 79.1 Å². The van der Waals surface area contributed by atoms with Gasteiger partial charge in [-0.2, -0.15) is 0 Å². The minimum absolute atomic E-state index is 0.230. The average Bonchev–Trinajstić information content (AvgIpc) is 2.97. The zero-order valence-corrected chi connectivity index (χ0v) is 18.1. The van der Waals surface area contributed by atoms with E-state index in [1.165, 1.54) is 33.9 Å². The first-order valence-electron chi connectivity index (χ1n) is 10.4. The molecule has 1 fully saturated rings. The van der Waals surface area contributed by atoms with Crippen LogP contribution in [-0.4, -0.2) is 42.6 Å². The van der Waals surface area contributed by atoms with Crippen LogP contribution in [0.15, 0.2) is 48.5 Å². The standard InChI is InChI=1S/C24H31N3S/c1-24(2,3)20-11-9-19(10-12-20)13-16-26-14-6-15-27(18-17-26)23-25-21-7-4-5-8-22(21)28-23/h4-5,7-12H,6,13-18H2,1-3H3. The monoisotopic (exact) mass is 393 g/mol. The van der Waals surface area contributed by atoms with Crippen LogP contribution in [0.4, 0.5) is 5.13 Å². The molecule has 4 rings (SSSR count). The lowest BCUT2D eigenvalue weighted by Gasteiger charge is -2.22. The fourth-order valence-electron chi connectivity index (χ4n) is 3.84. The maximum absolute atomic E-state index is 4.85. The summed E-state index contributed by atoms with van der Waals surface area (Å²) < 4.78 is 1.29. The summed E-state index contributed by atoms with van der Waals surface area (Å²) in [5.74, 6) is 0. The normalized spacial score (nSPS) is 16.5. The highest BCUT2D eigenvalue weighted by atomic mass is 32.1. The highest BCUT2D eigenvalue weighted by Crippen LogP contribution is 2.29. The van der Waals surface area contributed by atoms with Gasteiger partial charge in [-0.3, -0.25) is 0 Å². The lowest BCUT2D eigenvalue weighted by molar-refractivity contribution is 0.297. The van der Waals surface area contributed by atoms with E-state index in [-0.39, 0.29) is 5.41 Å². The Morgan fingerprint density at radius 2 is 1.71 bits per heavy atom. The molecule has 2 aromatic carbocycles. The Bertz CT molecular complexity index is 874. The van der Waals surface area contributed by atoms with Crippen LogP contribution in [0.25, 0.3) is 10.2 Å². The first-order chi connectivity index (χ1) is 13.5. The minimum atomic E-state index is 0.230. The van der Waals surface area contributed by atoms with Gasteiger partial charge in [0.15, 0.2) is 5.13 Å². The second-order valence-electron chi connectivity index (χ2n) is 8.84. The zero-order chi connectivity index (χ0) is 19.6. The lowest BCUT2D eigenvalue weighted by atomic mass is 9.86. The SMILES string of the molecule is CC(C)(C)c1ccc(CCN2CCCN(c3nc4ccccc4s3)CC2)cc1. The first-order valence-corrected chi connectivity index (χ1v) is 11.2. The Hall–Kier alpha value is -1.91. The van der Waals surface area contributed by atoms with Crippen LogP contribution in [0.1, 0.15) is 38.3 Å². The molecule has 0 amide bonds. The number of rotatable bonds is 4. The van der Waals surface area contributed by atoms with Crippen molar-refractivity contribution in [3.05, 3.63) is 59.7 Å². The predicted molar refractivity (Wildman–Crippen MR) is 122 cm³/mol. The van der Waals surface area contributed by atoms with Crippen LogP contribution in [0.3, 0.4) is 0 Å². The molecular weight excluding hydrogens is 362 g/mol. The Kier molecular flexibility index (Phi) is 5.70. The molecule has 3 nitrogen and oxygen atoms in total. The third kappa shape index (κ3) is 4.56. The molecular formula is C24H31N3S. The van der Waals surface area contributed by atoms with E-state index in [9.17, 15) is 0 Å². The summed E-state index contributed by atoms with van der Waals surface area (Å²) in [6.07, 6.45) is 2.34. The second-order valence-corrected chi connectivity index (χ2v) is 9.85. The Morgan fingerprint density at radius 1 is 0.929 bits per heavy atom. The topological polar surface area (TPSA) is 19.4 Å². The molecule has 1 aliphatic heterocycles. The Labute approximate surface area is 173 Å².